The Kier molecular flexibility index (Phi) is 11.5. The molecule has 0 aliphatic carbocycles. The van der Waals surface area contributed by atoms with Crippen molar-refractivity contribution in [1.82, 2.24) is 5.32 Å². The Hall–Kier alpha value is -3.35. The van der Waals surface area contributed by atoms with Gasteiger partial charge in [0.1, 0.15) is 12.6 Å². The zero-order valence-electron chi connectivity index (χ0n) is 19.4. The second-order valence-corrected chi connectivity index (χ2v) is 8.29. The van der Waals surface area contributed by atoms with Gasteiger partial charge < -0.3 is 20.1 Å². The summed E-state index contributed by atoms with van der Waals surface area (Å²) in [6, 6.07) is 17.7. The van der Waals surface area contributed by atoms with Gasteiger partial charge in [-0.25, -0.2) is 4.79 Å². The van der Waals surface area contributed by atoms with E-state index in [1.54, 1.807) is 12.1 Å². The number of para-hydroxylation sites is 1. The zero-order valence-corrected chi connectivity index (χ0v) is 19.4. The largest absolute Gasteiger partial charge is 0.465 e. The van der Waals surface area contributed by atoms with Crippen molar-refractivity contribution < 1.29 is 23.9 Å². The summed E-state index contributed by atoms with van der Waals surface area (Å²) in [4.78, 5) is 36.8. The molecule has 0 spiro atoms. The number of hydrogen-bond donors (Lipinski definition) is 2. The normalized spacial score (nSPS) is 11.5. The topological polar surface area (TPSA) is 93.7 Å². The second-order valence-electron chi connectivity index (χ2n) is 8.29. The summed E-state index contributed by atoms with van der Waals surface area (Å²) in [5, 5.41) is 5.50. The van der Waals surface area contributed by atoms with Gasteiger partial charge in [0.2, 0.25) is 5.91 Å². The third-order valence-electron chi connectivity index (χ3n) is 4.81. The standard InChI is InChI=1S/C26H34N2O5/c1-20(2)18-32-24(29)17-11-5-10-16-23(25(30)27-22-14-8-4-9-15-22)28-26(31)33-19-21-12-6-3-7-13-21/h3-4,6-9,12-15,20,23H,5,10-11,16-19H2,1-2H3,(H,27,30)(H,28,31). The number of nitrogens with one attached hydrogen (secondary N) is 2. The summed E-state index contributed by atoms with van der Waals surface area (Å²) in [5.74, 6) is -0.204. The number of alkyl carbamates (subject to hydrolysis) is 1. The average molecular weight is 455 g/mol. The van der Waals surface area contributed by atoms with Gasteiger partial charge in [-0.05, 0) is 36.5 Å². The number of carbonyl (C=O) groups excluding carboxylic acids is 3. The molecule has 0 saturated heterocycles. The maximum atomic E-state index is 12.8. The highest BCUT2D eigenvalue weighted by Crippen LogP contribution is 2.11. The Balaban J connectivity index is 1.82. The minimum Gasteiger partial charge on any atom is -0.465 e. The van der Waals surface area contributed by atoms with E-state index in [1.165, 1.54) is 0 Å². The Labute approximate surface area is 195 Å². The SMILES string of the molecule is CC(C)COC(=O)CCCCCC(NC(=O)OCc1ccccc1)C(=O)Nc1ccccc1. The molecule has 1 atom stereocenters. The fourth-order valence-electron chi connectivity index (χ4n) is 3.05. The first-order chi connectivity index (χ1) is 15.9. The van der Waals surface area contributed by atoms with Crippen LogP contribution in [-0.4, -0.2) is 30.6 Å². The first kappa shape index (κ1) is 25.9. The molecule has 0 saturated carbocycles. The molecule has 0 radical (unpaired) electrons. The van der Waals surface area contributed by atoms with E-state index in [9.17, 15) is 14.4 Å². The summed E-state index contributed by atoms with van der Waals surface area (Å²) in [6.07, 6.45) is 2.21. The van der Waals surface area contributed by atoms with Crippen molar-refractivity contribution in [1.29, 1.82) is 0 Å². The van der Waals surface area contributed by atoms with Crippen LogP contribution in [0.3, 0.4) is 0 Å². The predicted molar refractivity (Wildman–Crippen MR) is 128 cm³/mol. The van der Waals surface area contributed by atoms with Gasteiger partial charge in [0, 0.05) is 12.1 Å². The van der Waals surface area contributed by atoms with Gasteiger partial charge in [-0.15, -0.1) is 0 Å². The van der Waals surface area contributed by atoms with E-state index >= 15 is 0 Å². The molecule has 2 aromatic rings. The fourth-order valence-corrected chi connectivity index (χ4v) is 3.05. The average Bonchev–Trinajstić information content (AvgIpc) is 2.81. The molecule has 7 nitrogen and oxygen atoms in total. The lowest BCUT2D eigenvalue weighted by Crippen LogP contribution is -2.44. The molecule has 2 aromatic carbocycles. The summed E-state index contributed by atoms with van der Waals surface area (Å²) in [6.45, 7) is 4.53. The van der Waals surface area contributed by atoms with E-state index in [2.05, 4.69) is 10.6 Å². The Morgan fingerprint density at radius 3 is 2.18 bits per heavy atom. The number of carbonyl (C=O) groups is 3. The van der Waals surface area contributed by atoms with Gasteiger partial charge in [-0.3, -0.25) is 9.59 Å². The maximum absolute atomic E-state index is 12.8. The molecule has 2 rings (SSSR count). The van der Waals surface area contributed by atoms with Gasteiger partial charge in [0.05, 0.1) is 6.61 Å². The molecule has 0 fully saturated rings. The van der Waals surface area contributed by atoms with E-state index < -0.39 is 12.1 Å². The molecule has 0 bridgehead atoms. The molecular formula is C26H34N2O5. The minimum absolute atomic E-state index is 0.123. The Morgan fingerprint density at radius 2 is 1.52 bits per heavy atom. The number of hydrogen-bond acceptors (Lipinski definition) is 5. The third kappa shape index (κ3) is 11.2. The van der Waals surface area contributed by atoms with Crippen LogP contribution >= 0.6 is 0 Å². The Morgan fingerprint density at radius 1 is 0.848 bits per heavy atom. The van der Waals surface area contributed by atoms with E-state index in [4.69, 9.17) is 9.47 Å². The van der Waals surface area contributed by atoms with Gasteiger partial charge >= 0.3 is 12.1 Å². The van der Waals surface area contributed by atoms with Crippen LogP contribution in [-0.2, 0) is 25.7 Å². The third-order valence-corrected chi connectivity index (χ3v) is 4.81. The quantitative estimate of drug-likeness (QED) is 0.326. The maximum Gasteiger partial charge on any atom is 0.408 e. The molecule has 7 heteroatoms. The molecule has 0 aliphatic heterocycles. The van der Waals surface area contributed by atoms with Gasteiger partial charge in [0.15, 0.2) is 0 Å². The molecule has 0 heterocycles. The summed E-state index contributed by atoms with van der Waals surface area (Å²) >= 11 is 0. The van der Waals surface area contributed by atoms with E-state index in [0.717, 1.165) is 12.0 Å². The van der Waals surface area contributed by atoms with Crippen molar-refractivity contribution in [2.75, 3.05) is 11.9 Å². The van der Waals surface area contributed by atoms with Gasteiger partial charge in [-0.2, -0.15) is 0 Å². The van der Waals surface area contributed by atoms with Crippen LogP contribution in [0.15, 0.2) is 60.7 Å². The van der Waals surface area contributed by atoms with E-state index in [1.807, 2.05) is 62.4 Å². The molecule has 2 N–H and O–H groups in total. The van der Waals surface area contributed by atoms with Crippen molar-refractivity contribution in [3.05, 3.63) is 66.2 Å². The highest BCUT2D eigenvalue weighted by molar-refractivity contribution is 5.96. The van der Waals surface area contributed by atoms with Crippen LogP contribution in [0, 0.1) is 5.92 Å². The van der Waals surface area contributed by atoms with E-state index in [-0.39, 0.29) is 18.5 Å². The van der Waals surface area contributed by atoms with Crippen LogP contribution in [0.1, 0.15) is 51.5 Å². The number of esters is 1. The lowest BCUT2D eigenvalue weighted by Gasteiger charge is -2.18. The molecule has 1 unspecified atom stereocenters. The van der Waals surface area contributed by atoms with Crippen LogP contribution < -0.4 is 10.6 Å². The molecule has 0 aromatic heterocycles. The number of benzene rings is 2. The number of anilines is 1. The Bertz CT molecular complexity index is 856. The predicted octanol–water partition coefficient (Wildman–Crippen LogP) is 5.07. The first-order valence-electron chi connectivity index (χ1n) is 11.4. The first-order valence-corrected chi connectivity index (χ1v) is 11.4. The summed E-state index contributed by atoms with van der Waals surface area (Å²) in [7, 11) is 0. The zero-order chi connectivity index (χ0) is 23.9. The molecule has 0 aliphatic rings. The lowest BCUT2D eigenvalue weighted by molar-refractivity contribution is -0.144. The van der Waals surface area contributed by atoms with Crippen LogP contribution in [0.25, 0.3) is 0 Å². The minimum atomic E-state index is -0.749. The highest BCUT2D eigenvalue weighted by atomic mass is 16.5. The monoisotopic (exact) mass is 454 g/mol. The number of amides is 2. The van der Waals surface area contributed by atoms with Crippen molar-refractivity contribution in [3.8, 4) is 0 Å². The van der Waals surface area contributed by atoms with E-state index in [0.29, 0.717) is 43.9 Å². The van der Waals surface area contributed by atoms with Gasteiger partial charge in [-0.1, -0.05) is 75.2 Å². The molecular weight excluding hydrogens is 420 g/mol. The summed E-state index contributed by atoms with van der Waals surface area (Å²) in [5.41, 5.74) is 1.52. The smallest absolute Gasteiger partial charge is 0.408 e. The number of unbranched alkanes of at least 4 members (excludes halogenated alkanes) is 2. The van der Waals surface area contributed by atoms with Crippen molar-refractivity contribution in [2.45, 2.75) is 58.6 Å². The molecule has 33 heavy (non-hydrogen) atoms. The van der Waals surface area contributed by atoms with Crippen LogP contribution in [0.5, 0.6) is 0 Å². The fraction of sp³-hybridized carbons (Fsp3) is 0.423. The number of rotatable bonds is 13. The van der Waals surface area contributed by atoms with Crippen LogP contribution in [0.2, 0.25) is 0 Å². The molecule has 2 amide bonds. The van der Waals surface area contributed by atoms with Crippen molar-refractivity contribution >= 4 is 23.7 Å². The van der Waals surface area contributed by atoms with Crippen molar-refractivity contribution in [3.63, 3.8) is 0 Å². The highest BCUT2D eigenvalue weighted by Gasteiger charge is 2.21. The van der Waals surface area contributed by atoms with Crippen molar-refractivity contribution in [2.24, 2.45) is 5.92 Å². The summed E-state index contributed by atoms with van der Waals surface area (Å²) < 4.78 is 10.4. The molecule has 178 valence electrons. The van der Waals surface area contributed by atoms with Gasteiger partial charge in [0.25, 0.3) is 0 Å². The second kappa shape index (κ2) is 14.7. The lowest BCUT2D eigenvalue weighted by atomic mass is 10.1. The number of ether oxygens (including phenoxy) is 2. The van der Waals surface area contributed by atoms with Crippen LogP contribution in [0.4, 0.5) is 10.5 Å².